The first-order valence-electron chi connectivity index (χ1n) is 10.2. The molecule has 1 saturated heterocycles. The second-order valence-electron chi connectivity index (χ2n) is 7.73. The third kappa shape index (κ3) is 3.39. The number of nitrogens with zero attached hydrogens (tertiary/aromatic N) is 2. The molecule has 0 amide bonds. The summed E-state index contributed by atoms with van der Waals surface area (Å²) in [6.45, 7) is 9.41. The highest BCUT2D eigenvalue weighted by Crippen LogP contribution is 2.34. The van der Waals surface area contributed by atoms with Gasteiger partial charge < -0.3 is 10.2 Å². The van der Waals surface area contributed by atoms with Crippen molar-refractivity contribution in [3.63, 3.8) is 0 Å². The van der Waals surface area contributed by atoms with Crippen molar-refractivity contribution >= 4 is 16.6 Å². The lowest BCUT2D eigenvalue weighted by atomic mass is 9.95. The number of aryl methyl sites for hydroxylation is 3. The first-order chi connectivity index (χ1) is 12.3. The molecule has 0 radical (unpaired) electrons. The maximum Gasteiger partial charge on any atom is 0.0729 e. The fraction of sp³-hybridized carbons (Fsp3) is 0.591. The minimum absolute atomic E-state index is 1.05. The molecule has 1 N–H and O–H groups in total. The monoisotopic (exact) mass is 337 g/mol. The molecule has 0 bridgehead atoms. The standard InChI is InChI=1S/C22H31N3/c1-3-17-14-20-21(24-16(2)19-9-10-23-22(19)20)15-18(17)8-4-5-11-25-12-6-7-13-25/h14-15,23H,3-13H2,1-2H3. The third-order valence-corrected chi connectivity index (χ3v) is 6.04. The van der Waals surface area contributed by atoms with Crippen LogP contribution in [0.5, 0.6) is 0 Å². The van der Waals surface area contributed by atoms with Crippen LogP contribution in [0.15, 0.2) is 12.1 Å². The third-order valence-electron chi connectivity index (χ3n) is 6.04. The zero-order valence-electron chi connectivity index (χ0n) is 15.8. The summed E-state index contributed by atoms with van der Waals surface area (Å²) in [5, 5.41) is 4.92. The Bertz CT molecular complexity index is 760. The Kier molecular flexibility index (Phi) is 4.93. The zero-order chi connectivity index (χ0) is 17.2. The van der Waals surface area contributed by atoms with Crippen molar-refractivity contribution < 1.29 is 0 Å². The van der Waals surface area contributed by atoms with Gasteiger partial charge in [0.15, 0.2) is 0 Å². The average molecular weight is 338 g/mol. The van der Waals surface area contributed by atoms with Gasteiger partial charge in [-0.25, -0.2) is 0 Å². The topological polar surface area (TPSA) is 28.2 Å². The van der Waals surface area contributed by atoms with Gasteiger partial charge in [0.05, 0.1) is 5.52 Å². The fourth-order valence-electron chi connectivity index (χ4n) is 4.60. The predicted octanol–water partition coefficient (Wildman–Crippen LogP) is 4.49. The van der Waals surface area contributed by atoms with E-state index in [9.17, 15) is 0 Å². The van der Waals surface area contributed by atoms with Crippen molar-refractivity contribution in [3.05, 3.63) is 34.5 Å². The summed E-state index contributed by atoms with van der Waals surface area (Å²) < 4.78 is 0. The number of fused-ring (bicyclic) bond motifs is 3. The van der Waals surface area contributed by atoms with E-state index in [1.54, 1.807) is 0 Å². The summed E-state index contributed by atoms with van der Waals surface area (Å²) in [6.07, 6.45) is 8.82. The summed E-state index contributed by atoms with van der Waals surface area (Å²) in [5.41, 5.74) is 8.18. The van der Waals surface area contributed by atoms with Crippen LogP contribution < -0.4 is 5.32 Å². The average Bonchev–Trinajstić information content (AvgIpc) is 3.30. The Labute approximate surface area is 151 Å². The van der Waals surface area contributed by atoms with Gasteiger partial charge in [-0.05, 0) is 100 Å². The van der Waals surface area contributed by atoms with Gasteiger partial charge in [0.1, 0.15) is 0 Å². The van der Waals surface area contributed by atoms with Crippen LogP contribution in [0, 0.1) is 6.92 Å². The van der Waals surface area contributed by atoms with E-state index in [4.69, 9.17) is 4.98 Å². The molecule has 1 aromatic carbocycles. The molecule has 3 heteroatoms. The summed E-state index contributed by atoms with van der Waals surface area (Å²) in [6, 6.07) is 4.78. The molecule has 134 valence electrons. The summed E-state index contributed by atoms with van der Waals surface area (Å²) in [5.74, 6) is 0. The van der Waals surface area contributed by atoms with Crippen LogP contribution in [0.2, 0.25) is 0 Å². The number of aromatic nitrogens is 1. The van der Waals surface area contributed by atoms with Crippen LogP contribution >= 0.6 is 0 Å². The summed E-state index contributed by atoms with van der Waals surface area (Å²) in [4.78, 5) is 7.55. The Morgan fingerprint density at radius 1 is 1.12 bits per heavy atom. The Morgan fingerprint density at radius 2 is 1.96 bits per heavy atom. The highest BCUT2D eigenvalue weighted by atomic mass is 15.1. The molecule has 4 rings (SSSR count). The van der Waals surface area contributed by atoms with E-state index >= 15 is 0 Å². The van der Waals surface area contributed by atoms with Crippen LogP contribution in [-0.4, -0.2) is 36.1 Å². The highest BCUT2D eigenvalue weighted by molar-refractivity contribution is 5.95. The van der Waals surface area contributed by atoms with Gasteiger partial charge in [0.25, 0.3) is 0 Å². The first-order valence-corrected chi connectivity index (χ1v) is 10.2. The van der Waals surface area contributed by atoms with Crippen LogP contribution in [0.25, 0.3) is 10.9 Å². The number of hydrogen-bond donors (Lipinski definition) is 1. The van der Waals surface area contributed by atoms with Crippen molar-refractivity contribution in [1.82, 2.24) is 9.88 Å². The molecule has 3 heterocycles. The van der Waals surface area contributed by atoms with Crippen LogP contribution in [0.1, 0.15) is 55.0 Å². The van der Waals surface area contributed by atoms with E-state index in [1.807, 2.05) is 0 Å². The van der Waals surface area contributed by atoms with E-state index < -0.39 is 0 Å². The van der Waals surface area contributed by atoms with E-state index in [1.165, 1.54) is 90.7 Å². The molecule has 2 aromatic rings. The van der Waals surface area contributed by atoms with Gasteiger partial charge in [0.2, 0.25) is 0 Å². The quantitative estimate of drug-likeness (QED) is 0.787. The minimum atomic E-state index is 1.05. The molecule has 3 nitrogen and oxygen atoms in total. The summed E-state index contributed by atoms with van der Waals surface area (Å²) in [7, 11) is 0. The Balaban J connectivity index is 1.53. The Hall–Kier alpha value is -1.61. The smallest absolute Gasteiger partial charge is 0.0729 e. The molecule has 2 aliphatic rings. The number of unbranched alkanes of at least 4 members (excludes halogenated alkanes) is 1. The Morgan fingerprint density at radius 3 is 2.76 bits per heavy atom. The predicted molar refractivity (Wildman–Crippen MR) is 107 cm³/mol. The molecule has 2 aliphatic heterocycles. The number of likely N-dealkylation sites (tertiary alicyclic amines) is 1. The van der Waals surface area contributed by atoms with Gasteiger partial charge in [-0.1, -0.05) is 6.92 Å². The number of benzene rings is 1. The number of anilines is 1. The molecule has 25 heavy (non-hydrogen) atoms. The maximum absolute atomic E-state index is 4.93. The van der Waals surface area contributed by atoms with Crippen LogP contribution in [0.3, 0.4) is 0 Å². The number of hydrogen-bond acceptors (Lipinski definition) is 3. The van der Waals surface area contributed by atoms with Crippen LogP contribution in [-0.2, 0) is 19.3 Å². The van der Waals surface area contributed by atoms with Crippen molar-refractivity contribution in [2.45, 2.75) is 58.8 Å². The van der Waals surface area contributed by atoms with Crippen molar-refractivity contribution in [1.29, 1.82) is 0 Å². The molecular formula is C22H31N3. The number of pyridine rings is 1. The SMILES string of the molecule is CCc1cc2c3c(c(C)nc2cc1CCCCN1CCCC1)CCN3. The minimum Gasteiger partial charge on any atom is -0.384 e. The van der Waals surface area contributed by atoms with E-state index in [-0.39, 0.29) is 0 Å². The molecule has 0 saturated carbocycles. The van der Waals surface area contributed by atoms with Crippen LogP contribution in [0.4, 0.5) is 5.69 Å². The lowest BCUT2D eigenvalue weighted by Gasteiger charge is -2.16. The van der Waals surface area contributed by atoms with E-state index in [0.29, 0.717) is 0 Å². The van der Waals surface area contributed by atoms with Gasteiger partial charge in [-0.15, -0.1) is 0 Å². The van der Waals surface area contributed by atoms with Crippen molar-refractivity contribution in [2.24, 2.45) is 0 Å². The maximum atomic E-state index is 4.93. The zero-order valence-corrected chi connectivity index (χ0v) is 15.8. The molecule has 0 spiro atoms. The van der Waals surface area contributed by atoms with Crippen molar-refractivity contribution in [2.75, 3.05) is 31.5 Å². The van der Waals surface area contributed by atoms with Gasteiger partial charge in [-0.2, -0.15) is 0 Å². The number of rotatable bonds is 6. The molecule has 1 aromatic heterocycles. The second-order valence-corrected chi connectivity index (χ2v) is 7.73. The second kappa shape index (κ2) is 7.33. The first kappa shape index (κ1) is 16.8. The molecule has 0 unspecified atom stereocenters. The van der Waals surface area contributed by atoms with Crippen molar-refractivity contribution in [3.8, 4) is 0 Å². The van der Waals surface area contributed by atoms with Gasteiger partial charge in [0, 0.05) is 23.3 Å². The normalized spacial score (nSPS) is 17.2. The van der Waals surface area contributed by atoms with E-state index in [2.05, 4.69) is 36.2 Å². The summed E-state index contributed by atoms with van der Waals surface area (Å²) >= 11 is 0. The largest absolute Gasteiger partial charge is 0.384 e. The fourth-order valence-corrected chi connectivity index (χ4v) is 4.60. The molecular weight excluding hydrogens is 306 g/mol. The van der Waals surface area contributed by atoms with Gasteiger partial charge >= 0.3 is 0 Å². The molecule has 1 fully saturated rings. The lowest BCUT2D eigenvalue weighted by Crippen LogP contribution is -2.20. The number of nitrogens with one attached hydrogen (secondary N) is 1. The highest BCUT2D eigenvalue weighted by Gasteiger charge is 2.18. The lowest BCUT2D eigenvalue weighted by molar-refractivity contribution is 0.330. The van der Waals surface area contributed by atoms with E-state index in [0.717, 1.165) is 19.4 Å². The molecule has 0 atom stereocenters. The van der Waals surface area contributed by atoms with Gasteiger partial charge in [-0.3, -0.25) is 4.98 Å². The molecule has 0 aliphatic carbocycles.